The Morgan fingerprint density at radius 3 is 2.48 bits per heavy atom. The van der Waals surface area contributed by atoms with Crippen molar-refractivity contribution in [1.82, 2.24) is 0 Å². The van der Waals surface area contributed by atoms with Crippen molar-refractivity contribution in [2.75, 3.05) is 6.61 Å². The van der Waals surface area contributed by atoms with Crippen LogP contribution in [0, 0.1) is 35.0 Å². The van der Waals surface area contributed by atoms with Crippen LogP contribution in [0.15, 0.2) is 23.3 Å². The Hall–Kier alpha value is -1.01. The number of ketones is 1. The standard InChI is InChI=1S/C20H27O5/c1-9-5-13-19(24,17(9)23)7-11(8-21)6-12-14-15(18(14,3)4)16(22)10(2)20(12,13)25/h5-6,10,12-14,16,21-22,24-25H,7-8H2,1-4H3/t10-,12+,13-,14+,16+,19-,20-/m1/s1. The fraction of sp³-hybridized carbons (Fsp3) is 0.700. The number of fused-ring (bicyclic) bond motifs is 5. The van der Waals surface area contributed by atoms with Crippen LogP contribution in [0.1, 0.15) is 34.1 Å². The molecule has 0 aliphatic heterocycles. The second-order valence-corrected chi connectivity index (χ2v) is 9.04. The maximum Gasteiger partial charge on any atom is 0.190 e. The van der Waals surface area contributed by atoms with Crippen LogP contribution in [0.5, 0.6) is 0 Å². The van der Waals surface area contributed by atoms with Gasteiger partial charge in [0.25, 0.3) is 0 Å². The molecule has 0 amide bonds. The third-order valence-corrected chi connectivity index (χ3v) is 7.48. The summed E-state index contributed by atoms with van der Waals surface area (Å²) in [6.45, 7) is 7.29. The first kappa shape index (κ1) is 17.4. The van der Waals surface area contributed by atoms with Crippen molar-refractivity contribution in [3.8, 4) is 0 Å². The number of hydrogen-bond donors (Lipinski definition) is 4. The molecule has 1 radical (unpaired) electrons. The summed E-state index contributed by atoms with van der Waals surface area (Å²) in [5.41, 5.74) is -2.39. The Kier molecular flexibility index (Phi) is 3.36. The largest absolute Gasteiger partial charge is 0.392 e. The van der Waals surface area contributed by atoms with Gasteiger partial charge in [-0.25, -0.2) is 0 Å². The zero-order valence-corrected chi connectivity index (χ0v) is 15.2. The summed E-state index contributed by atoms with van der Waals surface area (Å²) in [7, 11) is 0. The Bertz CT molecular complexity index is 707. The van der Waals surface area contributed by atoms with Crippen molar-refractivity contribution in [2.24, 2.45) is 29.1 Å². The topological polar surface area (TPSA) is 98.0 Å². The number of rotatable bonds is 1. The Morgan fingerprint density at radius 2 is 1.88 bits per heavy atom. The van der Waals surface area contributed by atoms with Crippen molar-refractivity contribution in [3.05, 3.63) is 29.2 Å². The van der Waals surface area contributed by atoms with Crippen molar-refractivity contribution >= 4 is 5.78 Å². The molecule has 137 valence electrons. The first-order valence-electron chi connectivity index (χ1n) is 9.05. The van der Waals surface area contributed by atoms with Crippen molar-refractivity contribution < 1.29 is 25.2 Å². The zero-order valence-electron chi connectivity index (χ0n) is 15.2. The van der Waals surface area contributed by atoms with Gasteiger partial charge in [0.2, 0.25) is 0 Å². The molecule has 4 N–H and O–H groups in total. The van der Waals surface area contributed by atoms with Crippen LogP contribution >= 0.6 is 0 Å². The highest BCUT2D eigenvalue weighted by Crippen LogP contribution is 2.74. The quantitative estimate of drug-likeness (QED) is 0.526. The molecule has 2 fully saturated rings. The van der Waals surface area contributed by atoms with E-state index in [1.54, 1.807) is 19.9 Å². The monoisotopic (exact) mass is 347 g/mol. The number of aliphatic hydroxyl groups is 4. The second-order valence-electron chi connectivity index (χ2n) is 9.04. The van der Waals surface area contributed by atoms with Crippen LogP contribution in [0.3, 0.4) is 0 Å². The molecular weight excluding hydrogens is 320 g/mol. The molecule has 5 nitrogen and oxygen atoms in total. The summed E-state index contributed by atoms with van der Waals surface area (Å²) in [5.74, 6) is -1.04. The summed E-state index contributed by atoms with van der Waals surface area (Å²) >= 11 is 0. The van der Waals surface area contributed by atoms with E-state index in [2.05, 4.69) is 13.8 Å². The Balaban J connectivity index is 1.93. The summed E-state index contributed by atoms with van der Waals surface area (Å²) < 4.78 is 0. The van der Waals surface area contributed by atoms with Gasteiger partial charge < -0.3 is 20.4 Å². The van der Waals surface area contributed by atoms with Gasteiger partial charge in [-0.15, -0.1) is 0 Å². The minimum atomic E-state index is -1.76. The average Bonchev–Trinajstić information content (AvgIpc) is 3.07. The molecule has 0 bridgehead atoms. The van der Waals surface area contributed by atoms with Gasteiger partial charge in [0, 0.05) is 30.1 Å². The van der Waals surface area contributed by atoms with Gasteiger partial charge in [0.15, 0.2) is 5.78 Å². The van der Waals surface area contributed by atoms with E-state index in [4.69, 9.17) is 0 Å². The number of hydrogen-bond acceptors (Lipinski definition) is 5. The van der Waals surface area contributed by atoms with Gasteiger partial charge in [0.1, 0.15) is 5.60 Å². The molecule has 0 aromatic heterocycles. The number of carbonyl (C=O) groups is 1. The number of Topliss-reactive ketones (excluding diaryl/α,β-unsaturated/α-hetero) is 1. The normalized spacial score (nSPS) is 51.0. The lowest BCUT2D eigenvalue weighted by Crippen LogP contribution is -2.62. The van der Waals surface area contributed by atoms with Gasteiger partial charge in [0.05, 0.1) is 18.3 Å². The predicted molar refractivity (Wildman–Crippen MR) is 91.1 cm³/mol. The summed E-state index contributed by atoms with van der Waals surface area (Å²) in [6, 6.07) is 0. The molecule has 4 aliphatic carbocycles. The van der Waals surface area contributed by atoms with Crippen LogP contribution < -0.4 is 0 Å². The van der Waals surface area contributed by atoms with Gasteiger partial charge in [-0.05, 0) is 29.4 Å². The lowest BCUT2D eigenvalue weighted by molar-refractivity contribution is -0.178. The van der Waals surface area contributed by atoms with E-state index in [9.17, 15) is 25.2 Å². The van der Waals surface area contributed by atoms with Gasteiger partial charge >= 0.3 is 0 Å². The fourth-order valence-corrected chi connectivity index (χ4v) is 6.06. The van der Waals surface area contributed by atoms with E-state index in [1.807, 2.05) is 6.08 Å². The Morgan fingerprint density at radius 1 is 1.24 bits per heavy atom. The van der Waals surface area contributed by atoms with E-state index in [1.165, 1.54) is 0 Å². The van der Waals surface area contributed by atoms with E-state index < -0.39 is 34.9 Å². The lowest BCUT2D eigenvalue weighted by atomic mass is 9.59. The molecule has 0 spiro atoms. The molecule has 0 unspecified atom stereocenters. The minimum Gasteiger partial charge on any atom is -0.392 e. The van der Waals surface area contributed by atoms with Crippen LogP contribution in [-0.2, 0) is 4.79 Å². The number of aliphatic hydroxyl groups excluding tert-OH is 2. The molecule has 0 aromatic rings. The first-order chi connectivity index (χ1) is 11.5. The van der Waals surface area contributed by atoms with Crippen molar-refractivity contribution in [1.29, 1.82) is 0 Å². The molecule has 7 atom stereocenters. The fourth-order valence-electron chi connectivity index (χ4n) is 6.06. The van der Waals surface area contributed by atoms with Gasteiger partial charge in [-0.2, -0.15) is 0 Å². The third-order valence-electron chi connectivity index (χ3n) is 7.48. The van der Waals surface area contributed by atoms with Gasteiger partial charge in [-0.1, -0.05) is 32.9 Å². The van der Waals surface area contributed by atoms with E-state index >= 15 is 0 Å². The maximum absolute atomic E-state index is 12.7. The molecular formula is C20H27O5. The van der Waals surface area contributed by atoms with E-state index in [-0.39, 0.29) is 30.3 Å². The van der Waals surface area contributed by atoms with Crippen molar-refractivity contribution in [2.45, 2.75) is 51.4 Å². The van der Waals surface area contributed by atoms with Crippen LogP contribution in [0.25, 0.3) is 0 Å². The highest BCUT2D eigenvalue weighted by molar-refractivity contribution is 6.04. The molecule has 2 saturated carbocycles. The predicted octanol–water partition coefficient (Wildman–Crippen LogP) is 0.773. The van der Waals surface area contributed by atoms with Crippen LogP contribution in [0.4, 0.5) is 0 Å². The van der Waals surface area contributed by atoms with Gasteiger partial charge in [-0.3, -0.25) is 4.79 Å². The lowest BCUT2D eigenvalue weighted by Gasteiger charge is -2.50. The summed E-state index contributed by atoms with van der Waals surface area (Å²) in [5, 5.41) is 43.7. The van der Waals surface area contributed by atoms with E-state index in [0.717, 1.165) is 5.92 Å². The summed E-state index contributed by atoms with van der Waals surface area (Å²) in [6.07, 6.45) is 2.78. The smallest absolute Gasteiger partial charge is 0.190 e. The molecule has 4 aliphatic rings. The van der Waals surface area contributed by atoms with Crippen LogP contribution in [0.2, 0.25) is 0 Å². The van der Waals surface area contributed by atoms with Crippen molar-refractivity contribution in [3.63, 3.8) is 0 Å². The molecule has 0 aromatic carbocycles. The third kappa shape index (κ3) is 1.85. The SMILES string of the molecule is CC1=C[C@H]2[C@@]3(O)[C@H](C)[C@H](O)[C]4[C@H]([C@@H]3C=C(CO)C[C@]2(O)C1=O)C4(C)C. The first-order valence-corrected chi connectivity index (χ1v) is 9.05. The molecule has 25 heavy (non-hydrogen) atoms. The molecule has 5 heteroatoms. The number of carbonyl (C=O) groups excluding carboxylic acids is 1. The minimum absolute atomic E-state index is 0.0167. The summed E-state index contributed by atoms with van der Waals surface area (Å²) in [4.78, 5) is 12.7. The molecule has 0 saturated heterocycles. The zero-order chi connectivity index (χ0) is 18.5. The second kappa shape index (κ2) is 4.83. The average molecular weight is 347 g/mol. The highest BCUT2D eigenvalue weighted by Gasteiger charge is 2.76. The highest BCUT2D eigenvalue weighted by atomic mass is 16.3. The molecule has 0 heterocycles. The maximum atomic E-state index is 12.7. The molecule has 4 rings (SSSR count). The van der Waals surface area contributed by atoms with E-state index in [0.29, 0.717) is 11.1 Å². The Labute approximate surface area is 148 Å². The van der Waals surface area contributed by atoms with Crippen LogP contribution in [-0.4, -0.2) is 50.1 Å².